The lowest BCUT2D eigenvalue weighted by molar-refractivity contribution is 1.13. The highest BCUT2D eigenvalue weighted by Crippen LogP contribution is 2.47. The summed E-state index contributed by atoms with van der Waals surface area (Å²) in [5.41, 5.74) is 30.0. The molecule has 0 unspecified atom stereocenters. The van der Waals surface area contributed by atoms with E-state index in [0.717, 1.165) is 17.1 Å². The summed E-state index contributed by atoms with van der Waals surface area (Å²) in [6.07, 6.45) is 0. The Kier molecular flexibility index (Phi) is 16.8. The van der Waals surface area contributed by atoms with Gasteiger partial charge >= 0.3 is 0 Å². The van der Waals surface area contributed by atoms with Gasteiger partial charge in [-0.3, -0.25) is 0 Å². The molecule has 0 saturated carbocycles. The van der Waals surface area contributed by atoms with Crippen LogP contribution in [-0.2, 0) is 0 Å². The smallest absolute Gasteiger partial charge is 0.0640 e. The van der Waals surface area contributed by atoms with E-state index in [4.69, 9.17) is 0 Å². The second kappa shape index (κ2) is 29.5. The summed E-state index contributed by atoms with van der Waals surface area (Å²) in [7, 11) is 0. The maximum atomic E-state index is 2.46. The van der Waals surface area contributed by atoms with Crippen LogP contribution in [0.15, 0.2) is 467 Å². The molecule has 8 aromatic heterocycles. The van der Waals surface area contributed by atoms with E-state index in [-0.39, 0.29) is 0 Å². The van der Waals surface area contributed by atoms with Crippen molar-refractivity contribution in [3.63, 3.8) is 0 Å². The molecule has 28 rings (SSSR count). The van der Waals surface area contributed by atoms with Crippen molar-refractivity contribution in [1.29, 1.82) is 0 Å². The van der Waals surface area contributed by atoms with Gasteiger partial charge in [-0.15, -0.1) is 11.3 Å². The summed E-state index contributed by atoms with van der Waals surface area (Å²) >= 11 is 1.88. The topological polar surface area (TPSA) is 34.5 Å². The lowest BCUT2D eigenvalue weighted by atomic mass is 10.0. The van der Waals surface area contributed by atoms with Gasteiger partial charge in [0.2, 0.25) is 0 Å². The number of nitrogens with zero attached hydrogens (tertiary/aromatic N) is 7. The van der Waals surface area contributed by atoms with Crippen LogP contribution in [0.4, 0.5) is 0 Å². The molecule has 28 aromatic rings. The molecule has 0 spiro atoms. The fourth-order valence-corrected chi connectivity index (χ4v) is 22.3. The van der Waals surface area contributed by atoms with E-state index < -0.39 is 0 Å². The van der Waals surface area contributed by atoms with Crippen LogP contribution in [-0.4, -0.2) is 32.0 Å². The molecule has 7 nitrogen and oxygen atoms in total. The number of thiophene rings is 1. The largest absolute Gasteiger partial charge is 0.309 e. The zero-order valence-electron chi connectivity index (χ0n) is 69.5. The Morgan fingerprint density at radius 3 is 0.758 bits per heavy atom. The van der Waals surface area contributed by atoms with E-state index in [1.165, 1.54) is 218 Å². The minimum Gasteiger partial charge on any atom is -0.309 e. The first-order valence-corrected chi connectivity index (χ1v) is 44.7. The third kappa shape index (κ3) is 11.2. The van der Waals surface area contributed by atoms with Crippen molar-refractivity contribution in [2.24, 2.45) is 0 Å². The van der Waals surface area contributed by atoms with E-state index in [1.54, 1.807) is 0 Å². The van der Waals surface area contributed by atoms with Gasteiger partial charge < -0.3 is 32.0 Å². The second-order valence-corrected chi connectivity index (χ2v) is 34.4. The van der Waals surface area contributed by atoms with Crippen molar-refractivity contribution in [1.82, 2.24) is 32.0 Å². The van der Waals surface area contributed by atoms with Gasteiger partial charge in [0.05, 0.1) is 105 Å². The van der Waals surface area contributed by atoms with Crippen LogP contribution < -0.4 is 0 Å². The Balaban J connectivity index is 0.000000103. The zero-order chi connectivity index (χ0) is 84.0. The van der Waals surface area contributed by atoms with Gasteiger partial charge in [0.25, 0.3) is 0 Å². The molecule has 0 radical (unpaired) electrons. The Bertz CT molecular complexity index is 8920. The standard InChI is InChI=1S/C48H31N3.C36H22N2S.C36H24N2/c1-7-22-42-36(16-1)37-17-2-8-23-43(37)49(42)33-15-13-14-32(30-33)35-29-28-34(50-44-24-9-3-18-38(44)39-19-4-10-25-45(39)50)31-48(35)51-46-26-11-5-20-40(46)41-21-6-12-27-47(41)51;1-5-15-30-24(10-1)25-11-2-6-16-31(25)37(30)23-20-21-33-29(22-23)26-12-3-7-17-32(26)38(33)34-18-9-14-28-27-13-4-8-19-35(27)39-36(28)34;1-7-19-31-25(13-1)26-14-2-8-20-32(26)37(31)35-23-11-5-17-29(35)30-18-6-12-24-36(30)38-33-21-9-3-15-27(33)28-16-4-10-22-34(28)38/h1-31H;1-22H;1-24H. The highest BCUT2D eigenvalue weighted by molar-refractivity contribution is 7.26. The summed E-state index contributed by atoms with van der Waals surface area (Å²) in [6, 6.07) is 170. The van der Waals surface area contributed by atoms with Crippen molar-refractivity contribution in [2.75, 3.05) is 0 Å². The molecule has 598 valence electrons. The predicted octanol–water partition coefficient (Wildman–Crippen LogP) is 32.4. The molecule has 0 bridgehead atoms. The second-order valence-electron chi connectivity index (χ2n) is 33.3. The molecule has 20 aromatic carbocycles. The molecule has 0 saturated heterocycles. The molecule has 8 heterocycles. The number of fused-ring (bicyclic) bond motifs is 24. The highest BCUT2D eigenvalue weighted by atomic mass is 32.1. The Hall–Kier alpha value is -16.8. The molecule has 8 heteroatoms. The first-order valence-electron chi connectivity index (χ1n) is 43.9. The van der Waals surface area contributed by atoms with Crippen molar-refractivity contribution in [3.05, 3.63) is 467 Å². The maximum Gasteiger partial charge on any atom is 0.0640 e. The van der Waals surface area contributed by atoms with Crippen LogP contribution in [0.5, 0.6) is 0 Å². The van der Waals surface area contributed by atoms with Gasteiger partial charge in [0.1, 0.15) is 0 Å². The van der Waals surface area contributed by atoms with Crippen molar-refractivity contribution in [3.8, 4) is 62.1 Å². The first kappa shape index (κ1) is 72.8. The molecule has 0 aliphatic carbocycles. The summed E-state index contributed by atoms with van der Waals surface area (Å²) in [4.78, 5) is 0. The van der Waals surface area contributed by atoms with Gasteiger partial charge in [-0.1, -0.05) is 322 Å². The zero-order valence-corrected chi connectivity index (χ0v) is 70.3. The van der Waals surface area contributed by atoms with E-state index >= 15 is 0 Å². The van der Waals surface area contributed by atoms with E-state index in [1.807, 2.05) is 11.3 Å². The maximum absolute atomic E-state index is 2.46. The monoisotopic (exact) mass is 1650 g/mol. The van der Waals surface area contributed by atoms with Crippen LogP contribution in [0.3, 0.4) is 0 Å². The highest BCUT2D eigenvalue weighted by Gasteiger charge is 2.25. The molecule has 0 N–H and O–H groups in total. The van der Waals surface area contributed by atoms with E-state index in [2.05, 4.69) is 499 Å². The van der Waals surface area contributed by atoms with Crippen LogP contribution in [0.2, 0.25) is 0 Å². The molecule has 0 atom stereocenters. The molecule has 0 amide bonds. The van der Waals surface area contributed by atoms with Crippen molar-refractivity contribution < 1.29 is 0 Å². The number of hydrogen-bond acceptors (Lipinski definition) is 1. The molecular formula is C120H77N7S. The van der Waals surface area contributed by atoms with Gasteiger partial charge in [-0.2, -0.15) is 0 Å². The Morgan fingerprint density at radius 2 is 0.383 bits per heavy atom. The van der Waals surface area contributed by atoms with Gasteiger partial charge in [-0.05, 0) is 151 Å². The van der Waals surface area contributed by atoms with Gasteiger partial charge in [0, 0.05) is 125 Å². The quantitative estimate of drug-likeness (QED) is 0.138. The fourth-order valence-electron chi connectivity index (χ4n) is 21.1. The van der Waals surface area contributed by atoms with Crippen LogP contribution in [0.1, 0.15) is 0 Å². The number of aromatic nitrogens is 7. The summed E-state index contributed by atoms with van der Waals surface area (Å²) in [5.74, 6) is 0. The Labute approximate surface area is 740 Å². The average molecular weight is 1650 g/mol. The van der Waals surface area contributed by atoms with Crippen LogP contribution in [0, 0.1) is 0 Å². The number of para-hydroxylation sites is 15. The third-order valence-electron chi connectivity index (χ3n) is 26.5. The number of benzene rings is 20. The minimum absolute atomic E-state index is 1.13. The Morgan fingerprint density at radius 1 is 0.133 bits per heavy atom. The first-order chi connectivity index (χ1) is 63.6. The lowest BCUT2D eigenvalue weighted by Crippen LogP contribution is -2.02. The molecule has 0 aliphatic heterocycles. The fraction of sp³-hybridized carbons (Fsp3) is 0. The third-order valence-corrected chi connectivity index (χ3v) is 27.7. The lowest BCUT2D eigenvalue weighted by Gasteiger charge is -2.18. The average Bonchev–Trinajstić information content (AvgIpc) is 1.58. The molecule has 128 heavy (non-hydrogen) atoms. The van der Waals surface area contributed by atoms with Crippen LogP contribution >= 0.6 is 11.3 Å². The van der Waals surface area contributed by atoms with Crippen molar-refractivity contribution in [2.45, 2.75) is 0 Å². The molecule has 0 aliphatic rings. The summed E-state index contributed by atoms with van der Waals surface area (Å²) in [5, 5.41) is 20.4. The van der Waals surface area contributed by atoms with Gasteiger partial charge in [0.15, 0.2) is 0 Å². The predicted molar refractivity (Wildman–Crippen MR) is 543 cm³/mol. The van der Waals surface area contributed by atoms with E-state index in [9.17, 15) is 0 Å². The molecular weight excluding hydrogens is 1570 g/mol. The number of hydrogen-bond donors (Lipinski definition) is 0. The van der Waals surface area contributed by atoms with Crippen LogP contribution in [0.25, 0.3) is 235 Å². The number of rotatable bonds is 9. The SMILES string of the molecule is c1cc(-c2ccc(-n3c4ccccc4c4ccccc43)cc2-n2c3ccccc3c3ccccc32)cc(-n2c3ccccc3c3ccccc32)c1.c1ccc(-n2c3ccccc3c3ccccc32)c(-c2ccccc2-n2c3ccccc3c3ccccc32)c1.c1ccc2c(c1)sc1c(-n3c4ccccc4c4cc(-n5c6ccccc6c6ccccc65)ccc43)cccc12. The summed E-state index contributed by atoms with van der Waals surface area (Å²) in [6.45, 7) is 0. The molecule has 0 fully saturated rings. The normalized spacial score (nSPS) is 11.9. The van der Waals surface area contributed by atoms with E-state index in [0.29, 0.717) is 0 Å². The minimum atomic E-state index is 1.13. The van der Waals surface area contributed by atoms with Crippen molar-refractivity contribution >= 4 is 184 Å². The van der Waals surface area contributed by atoms with Gasteiger partial charge in [-0.25, -0.2) is 0 Å². The summed E-state index contributed by atoms with van der Waals surface area (Å²) < 4.78 is 19.6.